The Morgan fingerprint density at radius 3 is 1.73 bits per heavy atom. The predicted molar refractivity (Wildman–Crippen MR) is 99.0 cm³/mol. The zero-order valence-electron chi connectivity index (χ0n) is 15.7. The third-order valence-corrected chi connectivity index (χ3v) is 3.18. The van der Waals surface area contributed by atoms with E-state index < -0.39 is 0 Å². The van der Waals surface area contributed by atoms with Gasteiger partial charge in [0, 0.05) is 19.7 Å². The fraction of sp³-hybridized carbons (Fsp3) is 0.778. The van der Waals surface area contributed by atoms with Gasteiger partial charge in [-0.15, -0.1) is 0 Å². The Morgan fingerprint density at radius 2 is 1.36 bits per heavy atom. The molecule has 4 heteroatoms. The van der Waals surface area contributed by atoms with Crippen LogP contribution in [0.15, 0.2) is 15.7 Å². The Labute approximate surface area is 136 Å². The highest BCUT2D eigenvalue weighted by atomic mass is 16.2. The van der Waals surface area contributed by atoms with E-state index in [4.69, 9.17) is 0 Å². The van der Waals surface area contributed by atoms with Gasteiger partial charge in [0.25, 0.3) is 0 Å². The van der Waals surface area contributed by atoms with Crippen LogP contribution < -0.4 is 15.8 Å². The van der Waals surface area contributed by atoms with E-state index in [0.29, 0.717) is 5.69 Å². The van der Waals surface area contributed by atoms with Crippen LogP contribution in [0.5, 0.6) is 0 Å². The summed E-state index contributed by atoms with van der Waals surface area (Å²) in [4.78, 5) is 26.4. The molecule has 0 aliphatic rings. The molecule has 0 aliphatic heterocycles. The maximum atomic E-state index is 11.2. The van der Waals surface area contributed by atoms with E-state index in [1.807, 2.05) is 39.6 Å². The zero-order valence-corrected chi connectivity index (χ0v) is 15.7. The number of rotatable bonds is 9. The van der Waals surface area contributed by atoms with Crippen LogP contribution in [-0.4, -0.2) is 38.1 Å². The van der Waals surface area contributed by atoms with Crippen LogP contribution in [0, 0.1) is 0 Å². The molecule has 0 heterocycles. The topological polar surface area (TPSA) is 40.6 Å². The van der Waals surface area contributed by atoms with Gasteiger partial charge >= 0.3 is 0 Å². The summed E-state index contributed by atoms with van der Waals surface area (Å²) in [6, 6.07) is 1.43. The molecule has 0 fully saturated rings. The summed E-state index contributed by atoms with van der Waals surface area (Å²) >= 11 is 0. The molecule has 0 atom stereocenters. The molecule has 0 spiro atoms. The third-order valence-electron chi connectivity index (χ3n) is 3.18. The van der Waals surface area contributed by atoms with Crippen LogP contribution in [0.3, 0.4) is 0 Å². The molecule has 1 aromatic rings. The van der Waals surface area contributed by atoms with Crippen LogP contribution in [-0.2, 0) is 0 Å². The molecule has 1 rings (SSSR count). The fourth-order valence-electron chi connectivity index (χ4n) is 2.21. The average molecular weight is 312 g/mol. The van der Waals surface area contributed by atoms with E-state index in [1.165, 1.54) is 18.9 Å². The maximum Gasteiger partial charge on any atom is 0.249 e. The number of hydrogen-bond donors (Lipinski definition) is 0. The summed E-state index contributed by atoms with van der Waals surface area (Å²) in [5, 5.41) is 0. The lowest BCUT2D eigenvalue weighted by Gasteiger charge is -2.24. The second-order valence-corrected chi connectivity index (χ2v) is 4.84. The molecule has 0 radical (unpaired) electrons. The first kappa shape index (κ1) is 23.1. The standard InChI is InChI=1S/C14H24N2O2.2C2H6/c1-4-7-16(8-5-2)10-6-9-15(3)12-11-13(17)14(12)18;2*1-2/h11H,4-10H2,1-3H3;2*1-2H3. The third kappa shape index (κ3) is 8.32. The molecule has 130 valence electrons. The SMILES string of the molecule is CC.CC.CCCN(CCC)CCCN(C)c1cc(=O)c1=O. The first-order valence-corrected chi connectivity index (χ1v) is 8.84. The van der Waals surface area contributed by atoms with Crippen LogP contribution in [0.2, 0.25) is 0 Å². The van der Waals surface area contributed by atoms with Gasteiger partial charge in [-0.05, 0) is 38.9 Å². The lowest BCUT2D eigenvalue weighted by atomic mass is 10.2. The minimum atomic E-state index is -0.365. The van der Waals surface area contributed by atoms with Crippen molar-refractivity contribution in [3.05, 3.63) is 26.5 Å². The molecule has 22 heavy (non-hydrogen) atoms. The molecular formula is C18H36N2O2. The molecule has 0 saturated heterocycles. The molecule has 0 N–H and O–H groups in total. The van der Waals surface area contributed by atoms with Crippen molar-refractivity contribution in [2.45, 2.75) is 60.8 Å². The van der Waals surface area contributed by atoms with Crippen molar-refractivity contribution in [3.8, 4) is 0 Å². The summed E-state index contributed by atoms with van der Waals surface area (Å²) in [6.45, 7) is 16.5. The minimum absolute atomic E-state index is 0.337. The van der Waals surface area contributed by atoms with Gasteiger partial charge in [0.1, 0.15) is 0 Å². The fourth-order valence-corrected chi connectivity index (χ4v) is 2.21. The molecule has 0 amide bonds. The summed E-state index contributed by atoms with van der Waals surface area (Å²) in [5.41, 5.74) is -0.135. The van der Waals surface area contributed by atoms with Crippen molar-refractivity contribution in [1.82, 2.24) is 4.90 Å². The van der Waals surface area contributed by atoms with Crippen LogP contribution in [0.4, 0.5) is 5.69 Å². The van der Waals surface area contributed by atoms with Gasteiger partial charge in [-0.25, -0.2) is 0 Å². The number of anilines is 1. The molecule has 0 aliphatic carbocycles. The van der Waals surface area contributed by atoms with Crippen LogP contribution in [0.25, 0.3) is 0 Å². The Balaban J connectivity index is 0. The van der Waals surface area contributed by atoms with Crippen molar-refractivity contribution in [1.29, 1.82) is 0 Å². The lowest BCUT2D eigenvalue weighted by Crippen LogP contribution is -2.38. The molecular weight excluding hydrogens is 276 g/mol. The molecule has 0 unspecified atom stereocenters. The van der Waals surface area contributed by atoms with E-state index in [2.05, 4.69) is 18.7 Å². The van der Waals surface area contributed by atoms with Crippen molar-refractivity contribution < 1.29 is 0 Å². The zero-order chi connectivity index (χ0) is 17.5. The van der Waals surface area contributed by atoms with Crippen molar-refractivity contribution in [2.24, 2.45) is 0 Å². The van der Waals surface area contributed by atoms with Crippen LogP contribution >= 0.6 is 0 Å². The van der Waals surface area contributed by atoms with Gasteiger partial charge in [0.05, 0.1) is 5.69 Å². The van der Waals surface area contributed by atoms with Crippen molar-refractivity contribution in [3.63, 3.8) is 0 Å². The number of nitrogens with zero attached hydrogens (tertiary/aromatic N) is 2. The normalized spacial score (nSPS) is 9.82. The van der Waals surface area contributed by atoms with Crippen molar-refractivity contribution in [2.75, 3.05) is 38.1 Å². The minimum Gasteiger partial charge on any atom is -0.371 e. The largest absolute Gasteiger partial charge is 0.371 e. The number of hydrogen-bond acceptors (Lipinski definition) is 4. The van der Waals surface area contributed by atoms with Crippen LogP contribution in [0.1, 0.15) is 60.8 Å². The summed E-state index contributed by atoms with van der Waals surface area (Å²) in [7, 11) is 1.88. The molecule has 0 bridgehead atoms. The lowest BCUT2D eigenvalue weighted by molar-refractivity contribution is 0.272. The Kier molecular flexibility index (Phi) is 15.5. The van der Waals surface area contributed by atoms with Gasteiger partial charge < -0.3 is 9.80 Å². The first-order chi connectivity index (χ1) is 10.6. The smallest absolute Gasteiger partial charge is 0.249 e. The van der Waals surface area contributed by atoms with E-state index in [1.54, 1.807) is 0 Å². The van der Waals surface area contributed by atoms with Gasteiger partial charge in [-0.2, -0.15) is 0 Å². The van der Waals surface area contributed by atoms with E-state index in [-0.39, 0.29) is 10.9 Å². The predicted octanol–water partition coefficient (Wildman–Crippen LogP) is 3.28. The molecule has 4 nitrogen and oxygen atoms in total. The maximum absolute atomic E-state index is 11.2. The second kappa shape index (κ2) is 14.8. The molecule has 0 aromatic heterocycles. The van der Waals surface area contributed by atoms with Crippen molar-refractivity contribution >= 4 is 5.69 Å². The first-order valence-electron chi connectivity index (χ1n) is 8.84. The molecule has 0 saturated carbocycles. The average Bonchev–Trinajstić information content (AvgIpc) is 2.56. The van der Waals surface area contributed by atoms with E-state index in [0.717, 1.165) is 32.6 Å². The Morgan fingerprint density at radius 1 is 0.864 bits per heavy atom. The van der Waals surface area contributed by atoms with Gasteiger partial charge in [0.2, 0.25) is 10.9 Å². The monoisotopic (exact) mass is 312 g/mol. The Hall–Kier alpha value is -1.16. The second-order valence-electron chi connectivity index (χ2n) is 4.84. The van der Waals surface area contributed by atoms with Gasteiger partial charge in [0.15, 0.2) is 0 Å². The summed E-state index contributed by atoms with van der Waals surface area (Å²) in [6.07, 6.45) is 3.37. The van der Waals surface area contributed by atoms with Gasteiger partial charge in [-0.3, -0.25) is 9.59 Å². The van der Waals surface area contributed by atoms with Gasteiger partial charge in [-0.1, -0.05) is 41.5 Å². The highest BCUT2D eigenvalue weighted by Gasteiger charge is 2.13. The summed E-state index contributed by atoms with van der Waals surface area (Å²) in [5.74, 6) is 0. The highest BCUT2D eigenvalue weighted by molar-refractivity contribution is 5.49. The quantitative estimate of drug-likeness (QED) is 0.656. The Bertz CT molecular complexity index is 416. The van der Waals surface area contributed by atoms with E-state index in [9.17, 15) is 9.59 Å². The summed E-state index contributed by atoms with van der Waals surface area (Å²) < 4.78 is 0. The highest BCUT2D eigenvalue weighted by Crippen LogP contribution is 2.05. The molecule has 1 aromatic carbocycles. The van der Waals surface area contributed by atoms with E-state index >= 15 is 0 Å².